The largest absolute Gasteiger partial charge is 0.343 e. The molecule has 2 aliphatic heterocycles. The fourth-order valence-corrected chi connectivity index (χ4v) is 3.85. The highest BCUT2D eigenvalue weighted by Crippen LogP contribution is 2.22. The molecule has 0 saturated carbocycles. The first-order chi connectivity index (χ1) is 10.9. The first-order valence-electron chi connectivity index (χ1n) is 9.22. The second kappa shape index (κ2) is 8.13. The molecule has 23 heavy (non-hydrogen) atoms. The maximum absolute atomic E-state index is 12.6. The van der Waals surface area contributed by atoms with Gasteiger partial charge in [-0.1, -0.05) is 20.3 Å². The van der Waals surface area contributed by atoms with Crippen LogP contribution in [0.15, 0.2) is 0 Å². The minimum absolute atomic E-state index is 0.133. The fourth-order valence-electron chi connectivity index (χ4n) is 3.85. The van der Waals surface area contributed by atoms with Gasteiger partial charge in [0.15, 0.2) is 0 Å². The lowest BCUT2D eigenvalue weighted by Crippen LogP contribution is -2.56. The molecule has 2 amide bonds. The van der Waals surface area contributed by atoms with Crippen LogP contribution in [0.5, 0.6) is 0 Å². The molecule has 0 spiro atoms. The molecule has 1 N–H and O–H groups in total. The van der Waals surface area contributed by atoms with Crippen molar-refractivity contribution in [2.75, 3.05) is 26.2 Å². The number of hydrogen-bond donors (Lipinski definition) is 1. The summed E-state index contributed by atoms with van der Waals surface area (Å²) >= 11 is 0. The van der Waals surface area contributed by atoms with E-state index in [0.29, 0.717) is 12.0 Å². The third-order valence-electron chi connectivity index (χ3n) is 5.63. The Morgan fingerprint density at radius 2 is 1.74 bits per heavy atom. The van der Waals surface area contributed by atoms with Crippen LogP contribution in [0.1, 0.15) is 53.4 Å². The van der Waals surface area contributed by atoms with Crippen molar-refractivity contribution in [2.45, 2.75) is 65.5 Å². The van der Waals surface area contributed by atoms with Crippen molar-refractivity contribution >= 4 is 11.8 Å². The van der Waals surface area contributed by atoms with E-state index in [1.807, 2.05) is 16.7 Å². The van der Waals surface area contributed by atoms with Crippen molar-refractivity contribution in [3.63, 3.8) is 0 Å². The lowest BCUT2D eigenvalue weighted by atomic mass is 9.89. The number of nitrogens with one attached hydrogen (secondary N) is 1. The number of likely N-dealkylation sites (tertiary alicyclic amines) is 2. The molecule has 0 aromatic carbocycles. The Hall–Kier alpha value is -1.10. The maximum Gasteiger partial charge on any atom is 0.239 e. The molecule has 2 rings (SSSR count). The minimum Gasteiger partial charge on any atom is -0.343 e. The molecule has 2 aliphatic rings. The van der Waals surface area contributed by atoms with E-state index in [-0.39, 0.29) is 17.9 Å². The number of hydrogen-bond acceptors (Lipinski definition) is 3. The highest BCUT2D eigenvalue weighted by Gasteiger charge is 2.32. The molecule has 2 saturated heterocycles. The normalized spacial score (nSPS) is 27.8. The van der Waals surface area contributed by atoms with Gasteiger partial charge in [0.25, 0.3) is 0 Å². The fraction of sp³-hybridized carbons (Fsp3) is 0.889. The van der Waals surface area contributed by atoms with Gasteiger partial charge in [-0.25, -0.2) is 0 Å². The lowest BCUT2D eigenvalue weighted by molar-refractivity contribution is -0.135. The predicted molar refractivity (Wildman–Crippen MR) is 92.0 cm³/mol. The van der Waals surface area contributed by atoms with Crippen molar-refractivity contribution in [1.82, 2.24) is 15.1 Å². The topological polar surface area (TPSA) is 52.7 Å². The summed E-state index contributed by atoms with van der Waals surface area (Å²) in [5, 5.41) is 3.56. The zero-order valence-corrected chi connectivity index (χ0v) is 15.2. The zero-order valence-electron chi connectivity index (χ0n) is 15.2. The molecule has 0 bridgehead atoms. The summed E-state index contributed by atoms with van der Waals surface area (Å²) in [5.41, 5.74) is 0. The van der Waals surface area contributed by atoms with Crippen LogP contribution in [0.4, 0.5) is 0 Å². The zero-order chi connectivity index (χ0) is 17.0. The first kappa shape index (κ1) is 18.2. The van der Waals surface area contributed by atoms with Crippen molar-refractivity contribution in [1.29, 1.82) is 0 Å². The van der Waals surface area contributed by atoms with Crippen molar-refractivity contribution < 1.29 is 9.59 Å². The van der Waals surface area contributed by atoms with E-state index in [9.17, 15) is 9.59 Å². The van der Waals surface area contributed by atoms with Gasteiger partial charge in [0, 0.05) is 39.1 Å². The van der Waals surface area contributed by atoms with E-state index in [2.05, 4.69) is 19.2 Å². The third kappa shape index (κ3) is 4.69. The van der Waals surface area contributed by atoms with Crippen LogP contribution in [-0.4, -0.2) is 59.9 Å². The van der Waals surface area contributed by atoms with Gasteiger partial charge in [-0.3, -0.25) is 9.59 Å². The van der Waals surface area contributed by atoms with E-state index < -0.39 is 0 Å². The SMILES string of the molecule is CC[C@@H]1CN(C(C)=O)CC[C@@H]1N[C@@H](C)C(=O)N1CCC(C)CC1. The average Bonchev–Trinajstić information content (AvgIpc) is 2.55. The van der Waals surface area contributed by atoms with Gasteiger partial charge < -0.3 is 15.1 Å². The quantitative estimate of drug-likeness (QED) is 0.859. The number of rotatable bonds is 4. The summed E-state index contributed by atoms with van der Waals surface area (Å²) in [5.74, 6) is 1.57. The standard InChI is InChI=1S/C18H33N3O2/c1-5-16-12-21(15(4)22)11-8-17(16)19-14(3)18(23)20-9-6-13(2)7-10-20/h13-14,16-17,19H,5-12H2,1-4H3/t14-,16+,17-/m0/s1. The van der Waals surface area contributed by atoms with E-state index >= 15 is 0 Å². The van der Waals surface area contributed by atoms with Gasteiger partial charge in [0.05, 0.1) is 6.04 Å². The average molecular weight is 323 g/mol. The van der Waals surface area contributed by atoms with E-state index in [0.717, 1.165) is 57.8 Å². The molecular weight excluding hydrogens is 290 g/mol. The van der Waals surface area contributed by atoms with Crippen molar-refractivity contribution in [2.24, 2.45) is 11.8 Å². The molecule has 5 nitrogen and oxygen atoms in total. The van der Waals surface area contributed by atoms with Gasteiger partial charge in [-0.2, -0.15) is 0 Å². The lowest BCUT2D eigenvalue weighted by Gasteiger charge is -2.40. The van der Waals surface area contributed by atoms with Crippen LogP contribution in [0.2, 0.25) is 0 Å². The van der Waals surface area contributed by atoms with Crippen molar-refractivity contribution in [3.8, 4) is 0 Å². The number of carbonyl (C=O) groups is 2. The van der Waals surface area contributed by atoms with Gasteiger partial charge >= 0.3 is 0 Å². The second-order valence-corrected chi connectivity index (χ2v) is 7.42. The number of nitrogens with zero attached hydrogens (tertiary/aromatic N) is 2. The van der Waals surface area contributed by atoms with Gasteiger partial charge in [0.1, 0.15) is 0 Å². The molecule has 132 valence electrons. The molecule has 0 aromatic heterocycles. The summed E-state index contributed by atoms with van der Waals surface area (Å²) in [6.07, 6.45) is 4.20. The Bertz CT molecular complexity index is 418. The van der Waals surface area contributed by atoms with Crippen LogP contribution >= 0.6 is 0 Å². The Labute approximate surface area is 140 Å². The van der Waals surface area contributed by atoms with Gasteiger partial charge in [-0.15, -0.1) is 0 Å². The predicted octanol–water partition coefficient (Wildman–Crippen LogP) is 1.87. The Balaban J connectivity index is 1.87. The third-order valence-corrected chi connectivity index (χ3v) is 5.63. The van der Waals surface area contributed by atoms with E-state index in [1.165, 1.54) is 0 Å². The highest BCUT2D eigenvalue weighted by atomic mass is 16.2. The van der Waals surface area contributed by atoms with E-state index in [4.69, 9.17) is 0 Å². The summed E-state index contributed by atoms with van der Waals surface area (Å²) < 4.78 is 0. The van der Waals surface area contributed by atoms with Crippen LogP contribution in [0.25, 0.3) is 0 Å². The van der Waals surface area contributed by atoms with Crippen LogP contribution in [0, 0.1) is 11.8 Å². The summed E-state index contributed by atoms with van der Waals surface area (Å²) in [6.45, 7) is 11.5. The van der Waals surface area contributed by atoms with Crippen LogP contribution in [0.3, 0.4) is 0 Å². The highest BCUT2D eigenvalue weighted by molar-refractivity contribution is 5.81. The first-order valence-corrected chi connectivity index (χ1v) is 9.22. The summed E-state index contributed by atoms with van der Waals surface area (Å²) in [7, 11) is 0. The molecule has 0 aliphatic carbocycles. The Morgan fingerprint density at radius 1 is 1.13 bits per heavy atom. The van der Waals surface area contributed by atoms with E-state index in [1.54, 1.807) is 6.92 Å². The molecule has 0 radical (unpaired) electrons. The summed E-state index contributed by atoms with van der Waals surface area (Å²) in [6, 6.07) is 0.199. The Kier molecular flexibility index (Phi) is 6.45. The molecular formula is C18H33N3O2. The van der Waals surface area contributed by atoms with Crippen LogP contribution < -0.4 is 5.32 Å². The second-order valence-electron chi connectivity index (χ2n) is 7.42. The molecule has 2 heterocycles. The number of carbonyl (C=O) groups excluding carboxylic acids is 2. The molecule has 3 atom stereocenters. The van der Waals surface area contributed by atoms with Crippen LogP contribution in [-0.2, 0) is 9.59 Å². The monoisotopic (exact) mass is 323 g/mol. The number of piperidine rings is 2. The Morgan fingerprint density at radius 3 is 2.30 bits per heavy atom. The van der Waals surface area contributed by atoms with Crippen molar-refractivity contribution in [3.05, 3.63) is 0 Å². The van der Waals surface area contributed by atoms with Gasteiger partial charge in [-0.05, 0) is 38.0 Å². The molecule has 0 unspecified atom stereocenters. The smallest absolute Gasteiger partial charge is 0.239 e. The minimum atomic E-state index is -0.133. The maximum atomic E-state index is 12.6. The molecule has 5 heteroatoms. The van der Waals surface area contributed by atoms with Gasteiger partial charge in [0.2, 0.25) is 11.8 Å². The molecule has 2 fully saturated rings. The molecule has 0 aromatic rings. The summed E-state index contributed by atoms with van der Waals surface area (Å²) in [4.78, 5) is 28.2. The number of amides is 2.